The van der Waals surface area contributed by atoms with Crippen LogP contribution < -0.4 is 10.6 Å². The monoisotopic (exact) mass is 403 g/mol. The quantitative estimate of drug-likeness (QED) is 0.696. The summed E-state index contributed by atoms with van der Waals surface area (Å²) in [4.78, 5) is 18.1. The van der Waals surface area contributed by atoms with Crippen LogP contribution in [0.3, 0.4) is 0 Å². The standard InChI is InChI=1S/C21H14FN5OS/c22-19-12(9-23)3-1-5-14(19)13-4-2-6-16(15(13)10-24)26-20(28)21-27-17-7-8-25-11-18(17)29-21/h1-6,25H,7-8,11H2,(H,26,28). The molecule has 0 spiro atoms. The SMILES string of the molecule is N#Cc1cccc(-c2cccc(NC(=O)c3nc4c(s3)CNCC4)c2C#N)c1F. The molecule has 0 aliphatic carbocycles. The third-order valence-electron chi connectivity index (χ3n) is 4.63. The number of aromatic nitrogens is 1. The van der Waals surface area contributed by atoms with Crippen LogP contribution in [0.15, 0.2) is 36.4 Å². The smallest absolute Gasteiger partial charge is 0.284 e. The van der Waals surface area contributed by atoms with Crippen LogP contribution in [0.25, 0.3) is 11.1 Å². The van der Waals surface area contributed by atoms with Gasteiger partial charge in [0, 0.05) is 35.5 Å². The highest BCUT2D eigenvalue weighted by Gasteiger charge is 2.21. The maximum Gasteiger partial charge on any atom is 0.284 e. The van der Waals surface area contributed by atoms with Gasteiger partial charge in [-0.2, -0.15) is 10.5 Å². The molecule has 4 rings (SSSR count). The van der Waals surface area contributed by atoms with Crippen LogP contribution in [0.1, 0.15) is 31.5 Å². The molecule has 0 saturated carbocycles. The lowest BCUT2D eigenvalue weighted by atomic mass is 9.97. The number of thiazole rings is 1. The number of carbonyl (C=O) groups excluding carboxylic acids is 1. The third-order valence-corrected chi connectivity index (χ3v) is 5.73. The van der Waals surface area contributed by atoms with Crippen LogP contribution >= 0.6 is 11.3 Å². The molecule has 6 nitrogen and oxygen atoms in total. The number of nitrogens with one attached hydrogen (secondary N) is 2. The summed E-state index contributed by atoms with van der Waals surface area (Å²) in [6.45, 7) is 1.51. The maximum atomic E-state index is 14.6. The third kappa shape index (κ3) is 3.47. The average molecular weight is 403 g/mol. The van der Waals surface area contributed by atoms with Crippen LogP contribution in [0.4, 0.5) is 10.1 Å². The van der Waals surface area contributed by atoms with Gasteiger partial charge >= 0.3 is 0 Å². The van der Waals surface area contributed by atoms with Gasteiger partial charge in [-0.3, -0.25) is 4.79 Å². The van der Waals surface area contributed by atoms with E-state index < -0.39 is 11.7 Å². The number of nitrogens with zero attached hydrogens (tertiary/aromatic N) is 3. The van der Waals surface area contributed by atoms with Crippen molar-refractivity contribution >= 4 is 22.9 Å². The van der Waals surface area contributed by atoms with E-state index in [0.717, 1.165) is 23.5 Å². The van der Waals surface area contributed by atoms with E-state index in [9.17, 15) is 14.4 Å². The van der Waals surface area contributed by atoms with E-state index in [0.29, 0.717) is 17.1 Å². The maximum absolute atomic E-state index is 14.6. The van der Waals surface area contributed by atoms with Gasteiger partial charge in [0.1, 0.15) is 18.0 Å². The van der Waals surface area contributed by atoms with Gasteiger partial charge in [0.05, 0.1) is 22.5 Å². The van der Waals surface area contributed by atoms with Crippen LogP contribution in [-0.2, 0) is 13.0 Å². The van der Waals surface area contributed by atoms with Gasteiger partial charge in [-0.1, -0.05) is 24.3 Å². The van der Waals surface area contributed by atoms with Crippen LogP contribution in [-0.4, -0.2) is 17.4 Å². The second-order valence-electron chi connectivity index (χ2n) is 6.39. The van der Waals surface area contributed by atoms with E-state index in [2.05, 4.69) is 15.6 Å². The molecule has 1 amide bonds. The highest BCUT2D eigenvalue weighted by molar-refractivity contribution is 7.13. The molecule has 0 radical (unpaired) electrons. The second kappa shape index (κ2) is 7.80. The molecule has 2 aromatic carbocycles. The number of hydrogen-bond donors (Lipinski definition) is 2. The van der Waals surface area contributed by atoms with Crippen molar-refractivity contribution in [3.8, 4) is 23.3 Å². The first kappa shape index (κ1) is 18.8. The zero-order valence-corrected chi connectivity index (χ0v) is 15.9. The minimum Gasteiger partial charge on any atom is -0.319 e. The zero-order valence-electron chi connectivity index (χ0n) is 15.1. The van der Waals surface area contributed by atoms with Crippen LogP contribution in [0.2, 0.25) is 0 Å². The summed E-state index contributed by atoms with van der Waals surface area (Å²) in [5.74, 6) is -1.11. The fraction of sp³-hybridized carbons (Fsp3) is 0.143. The molecule has 2 N–H and O–H groups in total. The Morgan fingerprint density at radius 3 is 2.72 bits per heavy atom. The number of anilines is 1. The van der Waals surface area contributed by atoms with E-state index in [1.165, 1.54) is 23.5 Å². The minimum atomic E-state index is -0.699. The molecule has 29 heavy (non-hydrogen) atoms. The van der Waals surface area contributed by atoms with Crippen molar-refractivity contribution in [3.63, 3.8) is 0 Å². The van der Waals surface area contributed by atoms with Gasteiger partial charge in [0.2, 0.25) is 0 Å². The Morgan fingerprint density at radius 1 is 1.17 bits per heavy atom. The summed E-state index contributed by atoms with van der Waals surface area (Å²) in [5.41, 5.74) is 1.64. The Kier molecular flexibility index (Phi) is 5.05. The van der Waals surface area contributed by atoms with Crippen molar-refractivity contribution in [2.24, 2.45) is 0 Å². The van der Waals surface area contributed by atoms with Gasteiger partial charge in [0.25, 0.3) is 5.91 Å². The molecule has 0 bridgehead atoms. The molecule has 0 fully saturated rings. The number of fused-ring (bicyclic) bond motifs is 1. The molecule has 1 aromatic heterocycles. The van der Waals surface area contributed by atoms with Crippen molar-refractivity contribution in [1.29, 1.82) is 10.5 Å². The van der Waals surface area contributed by atoms with Gasteiger partial charge in [-0.15, -0.1) is 11.3 Å². The van der Waals surface area contributed by atoms with Gasteiger partial charge < -0.3 is 10.6 Å². The summed E-state index contributed by atoms with van der Waals surface area (Å²) in [6.07, 6.45) is 0.770. The largest absolute Gasteiger partial charge is 0.319 e. The summed E-state index contributed by atoms with van der Waals surface area (Å²) >= 11 is 1.32. The zero-order chi connectivity index (χ0) is 20.4. The highest BCUT2D eigenvalue weighted by Crippen LogP contribution is 2.32. The summed E-state index contributed by atoms with van der Waals surface area (Å²) in [7, 11) is 0. The fourth-order valence-corrected chi connectivity index (χ4v) is 4.20. The van der Waals surface area contributed by atoms with E-state index >= 15 is 0 Å². The lowest BCUT2D eigenvalue weighted by Gasteiger charge is -2.11. The Labute approximate surface area is 170 Å². The molecule has 1 aliphatic heterocycles. The molecule has 2 heterocycles. The Balaban J connectivity index is 1.70. The Bertz CT molecular complexity index is 1180. The van der Waals surface area contributed by atoms with E-state index in [1.807, 2.05) is 6.07 Å². The van der Waals surface area contributed by atoms with Crippen molar-refractivity contribution in [2.45, 2.75) is 13.0 Å². The number of halogens is 1. The lowest BCUT2D eigenvalue weighted by Crippen LogP contribution is -2.22. The normalized spacial score (nSPS) is 12.5. The van der Waals surface area contributed by atoms with Crippen LogP contribution in [0, 0.1) is 28.5 Å². The summed E-state index contributed by atoms with van der Waals surface area (Å²) < 4.78 is 14.6. The Morgan fingerprint density at radius 2 is 1.97 bits per heavy atom. The molecular weight excluding hydrogens is 389 g/mol. The van der Waals surface area contributed by atoms with Gasteiger partial charge in [-0.25, -0.2) is 9.37 Å². The fourth-order valence-electron chi connectivity index (χ4n) is 3.23. The molecule has 0 unspecified atom stereocenters. The summed E-state index contributed by atoms with van der Waals surface area (Å²) in [5, 5.41) is 25.0. The number of nitriles is 2. The second-order valence-corrected chi connectivity index (χ2v) is 7.47. The predicted octanol–water partition coefficient (Wildman–Crippen LogP) is 3.59. The first-order valence-electron chi connectivity index (χ1n) is 8.85. The predicted molar refractivity (Wildman–Crippen MR) is 107 cm³/mol. The number of carbonyl (C=O) groups is 1. The van der Waals surface area contributed by atoms with Crippen molar-refractivity contribution in [2.75, 3.05) is 11.9 Å². The topological polar surface area (TPSA) is 102 Å². The summed E-state index contributed by atoms with van der Waals surface area (Å²) in [6, 6.07) is 13.1. The van der Waals surface area contributed by atoms with Crippen molar-refractivity contribution in [3.05, 3.63) is 68.9 Å². The number of benzene rings is 2. The lowest BCUT2D eigenvalue weighted by molar-refractivity contribution is 0.102. The number of rotatable bonds is 3. The van der Waals surface area contributed by atoms with E-state index in [1.54, 1.807) is 30.3 Å². The molecule has 142 valence electrons. The number of hydrogen-bond acceptors (Lipinski definition) is 6. The van der Waals surface area contributed by atoms with Gasteiger partial charge in [-0.05, 0) is 12.1 Å². The molecule has 8 heteroatoms. The van der Waals surface area contributed by atoms with E-state index in [4.69, 9.17) is 5.26 Å². The van der Waals surface area contributed by atoms with Gasteiger partial charge in [0.15, 0.2) is 5.01 Å². The minimum absolute atomic E-state index is 0.109. The molecule has 0 saturated heterocycles. The van der Waals surface area contributed by atoms with Crippen molar-refractivity contribution < 1.29 is 9.18 Å². The Hall–Kier alpha value is -3.59. The molecule has 0 atom stereocenters. The van der Waals surface area contributed by atoms with Crippen LogP contribution in [0.5, 0.6) is 0 Å². The van der Waals surface area contributed by atoms with E-state index in [-0.39, 0.29) is 22.4 Å². The van der Waals surface area contributed by atoms with Crippen molar-refractivity contribution in [1.82, 2.24) is 10.3 Å². The number of amides is 1. The molecule has 1 aliphatic rings. The first-order chi connectivity index (χ1) is 14.1. The molecule has 3 aromatic rings. The average Bonchev–Trinajstić information content (AvgIpc) is 3.18. The highest BCUT2D eigenvalue weighted by atomic mass is 32.1. The first-order valence-corrected chi connectivity index (χ1v) is 9.66. The molecular formula is C21H14FN5OS.